The average molecular weight is 355 g/mol. The highest BCUT2D eigenvalue weighted by Crippen LogP contribution is 2.29. The molecule has 1 aromatic rings. The first-order chi connectivity index (χ1) is 11.6. The number of carbonyl (C=O) groups excluding carboxylic acids is 1. The van der Waals surface area contributed by atoms with E-state index in [0.717, 1.165) is 0 Å². The van der Waals surface area contributed by atoms with E-state index in [4.69, 9.17) is 4.74 Å². The normalized spacial score (nSPS) is 21.6. The largest absolute Gasteiger partial charge is 0.444 e. The standard InChI is InChI=1S/C15H25N5O5/c1-15(2,3)25-14(22)17-10-5-7-19(8-6-12(10)21)13-11(20(23)24)9-16-18(13)4/h9-10,12,21H,5-8H2,1-4H3,(H,17,22)/t10-,12-/m0/s1. The predicted molar refractivity (Wildman–Crippen MR) is 90.5 cm³/mol. The van der Waals surface area contributed by atoms with E-state index in [1.807, 2.05) is 4.90 Å². The van der Waals surface area contributed by atoms with Crippen LogP contribution in [0, 0.1) is 10.1 Å². The minimum atomic E-state index is -0.759. The Morgan fingerprint density at radius 1 is 1.44 bits per heavy atom. The molecule has 0 unspecified atom stereocenters. The molecule has 2 heterocycles. The number of hydrogen-bond acceptors (Lipinski definition) is 7. The molecule has 1 saturated heterocycles. The summed E-state index contributed by atoms with van der Waals surface area (Å²) in [6.07, 6.45) is 0.667. The molecule has 0 aliphatic carbocycles. The van der Waals surface area contributed by atoms with Crippen molar-refractivity contribution >= 4 is 17.6 Å². The van der Waals surface area contributed by atoms with Crippen molar-refractivity contribution in [2.45, 2.75) is 51.4 Å². The van der Waals surface area contributed by atoms with Crippen molar-refractivity contribution in [3.05, 3.63) is 16.3 Å². The molecule has 1 aliphatic rings. The van der Waals surface area contributed by atoms with Crippen LogP contribution in [0.15, 0.2) is 6.20 Å². The van der Waals surface area contributed by atoms with Gasteiger partial charge >= 0.3 is 11.8 Å². The van der Waals surface area contributed by atoms with Crippen LogP contribution in [0.25, 0.3) is 0 Å². The van der Waals surface area contributed by atoms with E-state index in [1.165, 1.54) is 10.9 Å². The fraction of sp³-hybridized carbons (Fsp3) is 0.733. The number of nitrogens with one attached hydrogen (secondary N) is 1. The van der Waals surface area contributed by atoms with Gasteiger partial charge < -0.3 is 20.1 Å². The molecule has 10 heteroatoms. The van der Waals surface area contributed by atoms with Crippen LogP contribution in [0.5, 0.6) is 0 Å². The van der Waals surface area contributed by atoms with Crippen LogP contribution in [0.2, 0.25) is 0 Å². The van der Waals surface area contributed by atoms with Crippen LogP contribution in [-0.2, 0) is 11.8 Å². The van der Waals surface area contributed by atoms with Crippen molar-refractivity contribution in [2.75, 3.05) is 18.0 Å². The summed E-state index contributed by atoms with van der Waals surface area (Å²) >= 11 is 0. The van der Waals surface area contributed by atoms with E-state index in [9.17, 15) is 20.0 Å². The lowest BCUT2D eigenvalue weighted by atomic mass is 10.1. The number of aliphatic hydroxyl groups is 1. The summed E-state index contributed by atoms with van der Waals surface area (Å²) in [4.78, 5) is 24.4. The van der Waals surface area contributed by atoms with E-state index in [0.29, 0.717) is 31.7 Å². The molecule has 0 radical (unpaired) electrons. The van der Waals surface area contributed by atoms with Gasteiger partial charge in [-0.25, -0.2) is 9.48 Å². The van der Waals surface area contributed by atoms with Crippen molar-refractivity contribution in [1.82, 2.24) is 15.1 Å². The number of rotatable bonds is 3. The molecule has 0 saturated carbocycles. The maximum Gasteiger partial charge on any atom is 0.407 e. The monoisotopic (exact) mass is 355 g/mol. The Morgan fingerprint density at radius 2 is 2.08 bits per heavy atom. The molecule has 1 aliphatic heterocycles. The number of anilines is 1. The molecule has 0 aromatic carbocycles. The van der Waals surface area contributed by atoms with Crippen molar-refractivity contribution in [1.29, 1.82) is 0 Å². The summed E-state index contributed by atoms with van der Waals surface area (Å²) in [6.45, 7) is 6.16. The summed E-state index contributed by atoms with van der Waals surface area (Å²) in [5, 5.41) is 28.1. The van der Waals surface area contributed by atoms with E-state index in [2.05, 4.69) is 10.4 Å². The number of aryl methyl sites for hydroxylation is 1. The van der Waals surface area contributed by atoms with Crippen LogP contribution >= 0.6 is 0 Å². The number of hydrogen-bond donors (Lipinski definition) is 2. The second-order valence-electron chi connectivity index (χ2n) is 7.12. The fourth-order valence-electron chi connectivity index (χ4n) is 2.84. The maximum absolute atomic E-state index is 11.9. The summed E-state index contributed by atoms with van der Waals surface area (Å²) in [6, 6.07) is -0.480. The molecular formula is C15H25N5O5. The average Bonchev–Trinajstić information content (AvgIpc) is 2.77. The summed E-state index contributed by atoms with van der Waals surface area (Å²) in [5.41, 5.74) is -0.697. The Balaban J connectivity index is 2.07. The molecule has 2 N–H and O–H groups in total. The summed E-state index contributed by atoms with van der Waals surface area (Å²) in [5.74, 6) is 0.398. The zero-order chi connectivity index (χ0) is 18.8. The van der Waals surface area contributed by atoms with E-state index in [1.54, 1.807) is 27.8 Å². The number of nitrogens with zero attached hydrogens (tertiary/aromatic N) is 4. The molecule has 0 spiro atoms. The number of amides is 1. The lowest BCUT2D eigenvalue weighted by Crippen LogP contribution is -2.45. The Labute approximate surface area is 145 Å². The van der Waals surface area contributed by atoms with Gasteiger partial charge in [-0.05, 0) is 33.6 Å². The molecule has 1 amide bonds. The van der Waals surface area contributed by atoms with Gasteiger partial charge in [-0.3, -0.25) is 10.1 Å². The van der Waals surface area contributed by atoms with E-state index < -0.39 is 28.8 Å². The maximum atomic E-state index is 11.9. The van der Waals surface area contributed by atoms with Gasteiger partial charge in [0, 0.05) is 20.1 Å². The van der Waals surface area contributed by atoms with Gasteiger partial charge in [0.2, 0.25) is 5.82 Å². The molecule has 140 valence electrons. The van der Waals surface area contributed by atoms with Gasteiger partial charge in [0.25, 0.3) is 0 Å². The van der Waals surface area contributed by atoms with Crippen molar-refractivity contribution in [3.8, 4) is 0 Å². The second kappa shape index (κ2) is 7.26. The van der Waals surface area contributed by atoms with Gasteiger partial charge in [0.15, 0.2) is 0 Å². The van der Waals surface area contributed by atoms with Gasteiger partial charge in [-0.2, -0.15) is 5.10 Å². The van der Waals surface area contributed by atoms with Gasteiger partial charge in [0.1, 0.15) is 11.8 Å². The lowest BCUT2D eigenvalue weighted by molar-refractivity contribution is -0.384. The van der Waals surface area contributed by atoms with Gasteiger partial charge in [-0.15, -0.1) is 0 Å². The number of aliphatic hydroxyl groups excluding tert-OH is 1. The number of alkyl carbamates (subject to hydrolysis) is 1. The Bertz CT molecular complexity index is 639. The van der Waals surface area contributed by atoms with Crippen molar-refractivity contribution in [2.24, 2.45) is 7.05 Å². The van der Waals surface area contributed by atoms with Crippen LogP contribution in [-0.4, -0.2) is 56.7 Å². The molecule has 1 fully saturated rings. The highest BCUT2D eigenvalue weighted by atomic mass is 16.6. The van der Waals surface area contributed by atoms with Gasteiger partial charge in [0.05, 0.1) is 17.1 Å². The van der Waals surface area contributed by atoms with Crippen molar-refractivity contribution < 1.29 is 19.6 Å². The van der Waals surface area contributed by atoms with E-state index >= 15 is 0 Å². The molecular weight excluding hydrogens is 330 g/mol. The van der Waals surface area contributed by atoms with E-state index in [-0.39, 0.29) is 5.69 Å². The third-order valence-corrected chi connectivity index (χ3v) is 3.96. The summed E-state index contributed by atoms with van der Waals surface area (Å²) < 4.78 is 6.67. The third-order valence-electron chi connectivity index (χ3n) is 3.96. The van der Waals surface area contributed by atoms with Crippen LogP contribution in [0.4, 0.5) is 16.3 Å². The number of aromatic nitrogens is 2. The molecule has 1 aromatic heterocycles. The first-order valence-corrected chi connectivity index (χ1v) is 8.17. The van der Waals surface area contributed by atoms with Gasteiger partial charge in [-0.1, -0.05) is 0 Å². The van der Waals surface area contributed by atoms with Crippen molar-refractivity contribution in [3.63, 3.8) is 0 Å². The third kappa shape index (κ3) is 4.81. The molecule has 2 rings (SSSR count). The summed E-state index contributed by atoms with van der Waals surface area (Å²) in [7, 11) is 1.64. The molecule has 2 atom stereocenters. The lowest BCUT2D eigenvalue weighted by Gasteiger charge is -2.25. The smallest absolute Gasteiger partial charge is 0.407 e. The Morgan fingerprint density at radius 3 is 2.68 bits per heavy atom. The molecule has 10 nitrogen and oxygen atoms in total. The van der Waals surface area contributed by atoms with Crippen LogP contribution in [0.1, 0.15) is 33.6 Å². The van der Waals surface area contributed by atoms with Crippen LogP contribution < -0.4 is 10.2 Å². The zero-order valence-corrected chi connectivity index (χ0v) is 14.9. The highest BCUT2D eigenvalue weighted by Gasteiger charge is 2.31. The predicted octanol–water partition coefficient (Wildman–Crippen LogP) is 1.18. The molecule has 25 heavy (non-hydrogen) atoms. The quantitative estimate of drug-likeness (QED) is 0.616. The number of nitro groups is 1. The topological polar surface area (TPSA) is 123 Å². The van der Waals surface area contributed by atoms with Crippen LogP contribution in [0.3, 0.4) is 0 Å². The fourth-order valence-corrected chi connectivity index (χ4v) is 2.84. The Hall–Kier alpha value is -2.36. The second-order valence-corrected chi connectivity index (χ2v) is 7.12. The molecule has 0 bridgehead atoms. The first-order valence-electron chi connectivity index (χ1n) is 8.17. The minimum absolute atomic E-state index is 0.0736. The number of carbonyl (C=O) groups is 1. The number of ether oxygens (including phenoxy) is 1. The minimum Gasteiger partial charge on any atom is -0.444 e. The zero-order valence-electron chi connectivity index (χ0n) is 14.9. The SMILES string of the molecule is Cn1ncc([N+](=O)[O-])c1N1CC[C@H](NC(=O)OC(C)(C)C)[C@@H](O)CC1. The highest BCUT2D eigenvalue weighted by molar-refractivity contribution is 5.68. The Kier molecular flexibility index (Phi) is 5.51. The first kappa shape index (κ1) is 19.0.